The molecule has 166 valence electrons. The third-order valence-corrected chi connectivity index (χ3v) is 6.20. The maximum absolute atomic E-state index is 12.6. The van der Waals surface area contributed by atoms with Crippen LogP contribution < -0.4 is 5.32 Å². The first-order chi connectivity index (χ1) is 16.0. The molecule has 1 heterocycles. The number of rotatable bonds is 8. The highest BCUT2D eigenvalue weighted by Crippen LogP contribution is 2.30. The lowest BCUT2D eigenvalue weighted by Gasteiger charge is -2.11. The molecular formula is C25H21ClN4O2S. The fraction of sp³-hybridized carbons (Fsp3) is 0.120. The lowest BCUT2D eigenvalue weighted by atomic mass is 10.1. The zero-order chi connectivity index (χ0) is 23.2. The molecule has 0 spiro atoms. The number of nitrogens with zero attached hydrogens (tertiary/aromatic N) is 3. The van der Waals surface area contributed by atoms with Crippen LogP contribution in [0.2, 0.25) is 5.02 Å². The average molecular weight is 477 g/mol. The zero-order valence-corrected chi connectivity index (χ0v) is 19.4. The Morgan fingerprint density at radius 3 is 2.48 bits per heavy atom. The molecule has 4 rings (SSSR count). The summed E-state index contributed by atoms with van der Waals surface area (Å²) in [7, 11) is 0. The van der Waals surface area contributed by atoms with E-state index in [9.17, 15) is 9.59 Å². The van der Waals surface area contributed by atoms with Crippen molar-refractivity contribution in [3.05, 3.63) is 95.0 Å². The summed E-state index contributed by atoms with van der Waals surface area (Å²) in [6, 6.07) is 24.3. The number of thioether (sulfide) groups is 1. The average Bonchev–Trinajstić information content (AvgIpc) is 3.21. The molecule has 8 heteroatoms. The van der Waals surface area contributed by atoms with Crippen LogP contribution in [0.25, 0.3) is 11.4 Å². The number of aromatic nitrogens is 3. The van der Waals surface area contributed by atoms with Crippen LogP contribution in [-0.2, 0) is 11.3 Å². The summed E-state index contributed by atoms with van der Waals surface area (Å²) < 4.78 is 1.96. The van der Waals surface area contributed by atoms with Crippen LogP contribution in [0, 0.1) is 0 Å². The van der Waals surface area contributed by atoms with E-state index in [1.807, 2.05) is 59.2 Å². The predicted molar refractivity (Wildman–Crippen MR) is 132 cm³/mol. The van der Waals surface area contributed by atoms with Gasteiger partial charge in [-0.05, 0) is 36.8 Å². The van der Waals surface area contributed by atoms with Crippen molar-refractivity contribution in [2.24, 2.45) is 0 Å². The number of ketones is 1. The van der Waals surface area contributed by atoms with Gasteiger partial charge in [0.15, 0.2) is 16.8 Å². The summed E-state index contributed by atoms with van der Waals surface area (Å²) in [6.45, 7) is 2.03. The van der Waals surface area contributed by atoms with E-state index in [0.29, 0.717) is 33.8 Å². The second kappa shape index (κ2) is 10.5. The van der Waals surface area contributed by atoms with E-state index < -0.39 is 0 Å². The largest absolute Gasteiger partial charge is 0.325 e. The number of nitrogens with one attached hydrogen (secondary N) is 1. The molecule has 0 bridgehead atoms. The zero-order valence-electron chi connectivity index (χ0n) is 17.9. The summed E-state index contributed by atoms with van der Waals surface area (Å²) in [4.78, 5) is 24.2. The Morgan fingerprint density at radius 2 is 1.73 bits per heavy atom. The number of hydrogen-bond acceptors (Lipinski definition) is 5. The number of carbonyl (C=O) groups is 2. The molecule has 0 saturated heterocycles. The van der Waals surface area contributed by atoms with Crippen molar-refractivity contribution in [3.63, 3.8) is 0 Å². The van der Waals surface area contributed by atoms with Gasteiger partial charge in [0.1, 0.15) is 0 Å². The molecule has 0 aliphatic rings. The van der Waals surface area contributed by atoms with Gasteiger partial charge in [-0.3, -0.25) is 14.2 Å². The second-order valence-corrected chi connectivity index (χ2v) is 8.68. The van der Waals surface area contributed by atoms with Gasteiger partial charge < -0.3 is 5.32 Å². The van der Waals surface area contributed by atoms with Gasteiger partial charge in [-0.1, -0.05) is 78.0 Å². The molecule has 3 aromatic carbocycles. The van der Waals surface area contributed by atoms with Crippen molar-refractivity contribution in [1.29, 1.82) is 0 Å². The van der Waals surface area contributed by atoms with E-state index >= 15 is 0 Å². The minimum absolute atomic E-state index is 0.0541. The van der Waals surface area contributed by atoms with E-state index in [2.05, 4.69) is 15.5 Å². The molecule has 0 radical (unpaired) electrons. The van der Waals surface area contributed by atoms with E-state index in [1.165, 1.54) is 18.7 Å². The Kier molecular flexibility index (Phi) is 7.22. The Bertz CT molecular complexity index is 1290. The van der Waals surface area contributed by atoms with Gasteiger partial charge in [0.2, 0.25) is 5.91 Å². The Hall–Kier alpha value is -3.42. The second-order valence-electron chi connectivity index (χ2n) is 7.33. The van der Waals surface area contributed by atoms with Gasteiger partial charge in [-0.15, -0.1) is 10.2 Å². The normalized spacial score (nSPS) is 10.7. The molecule has 6 nitrogen and oxygen atoms in total. The quantitative estimate of drug-likeness (QED) is 0.265. The number of carbonyl (C=O) groups excluding carboxylic acids is 2. The predicted octanol–water partition coefficient (Wildman–Crippen LogP) is 5.58. The number of benzene rings is 3. The van der Waals surface area contributed by atoms with Crippen LogP contribution in [0.15, 0.2) is 84.0 Å². The van der Waals surface area contributed by atoms with Gasteiger partial charge in [0.25, 0.3) is 0 Å². The Labute approximate surface area is 201 Å². The first-order valence-electron chi connectivity index (χ1n) is 10.3. The Morgan fingerprint density at radius 1 is 0.970 bits per heavy atom. The highest BCUT2D eigenvalue weighted by atomic mass is 35.5. The van der Waals surface area contributed by atoms with Crippen molar-refractivity contribution in [1.82, 2.24) is 14.8 Å². The molecule has 33 heavy (non-hydrogen) atoms. The number of hydrogen-bond donors (Lipinski definition) is 1. The van der Waals surface area contributed by atoms with Crippen LogP contribution in [0.5, 0.6) is 0 Å². The number of halogens is 1. The smallest absolute Gasteiger partial charge is 0.234 e. The molecule has 0 fully saturated rings. The van der Waals surface area contributed by atoms with Gasteiger partial charge in [-0.2, -0.15) is 0 Å². The monoisotopic (exact) mass is 476 g/mol. The highest BCUT2D eigenvalue weighted by molar-refractivity contribution is 7.99. The van der Waals surface area contributed by atoms with E-state index in [0.717, 1.165) is 11.1 Å². The summed E-state index contributed by atoms with van der Waals surface area (Å²) in [5, 5.41) is 12.7. The van der Waals surface area contributed by atoms with Crippen LogP contribution in [-0.4, -0.2) is 32.2 Å². The maximum atomic E-state index is 12.6. The molecule has 1 aromatic heterocycles. The minimum Gasteiger partial charge on any atom is -0.325 e. The number of anilines is 1. The first-order valence-corrected chi connectivity index (χ1v) is 11.6. The van der Waals surface area contributed by atoms with Crippen molar-refractivity contribution < 1.29 is 9.59 Å². The van der Waals surface area contributed by atoms with E-state index in [4.69, 9.17) is 11.6 Å². The fourth-order valence-electron chi connectivity index (χ4n) is 3.29. The van der Waals surface area contributed by atoms with E-state index in [-0.39, 0.29) is 17.4 Å². The molecule has 0 unspecified atom stereocenters. The van der Waals surface area contributed by atoms with Gasteiger partial charge >= 0.3 is 0 Å². The first kappa shape index (κ1) is 22.8. The summed E-state index contributed by atoms with van der Waals surface area (Å²) >= 11 is 7.71. The Balaban J connectivity index is 1.54. The molecule has 1 amide bonds. The summed E-state index contributed by atoms with van der Waals surface area (Å²) in [6.07, 6.45) is 0. The van der Waals surface area contributed by atoms with Gasteiger partial charge in [0, 0.05) is 16.8 Å². The topological polar surface area (TPSA) is 76.9 Å². The molecule has 0 saturated carbocycles. The van der Waals surface area contributed by atoms with Crippen molar-refractivity contribution >= 4 is 40.7 Å². The molecule has 1 N–H and O–H groups in total. The van der Waals surface area contributed by atoms with Crippen LogP contribution in [0.4, 0.5) is 5.69 Å². The lowest BCUT2D eigenvalue weighted by molar-refractivity contribution is -0.113. The molecular weight excluding hydrogens is 456 g/mol. The SMILES string of the molecule is CC(=O)c1cccc(NC(=O)CSc2nnc(-c3ccccc3Cl)n2Cc2ccccc2)c1. The summed E-state index contributed by atoms with van der Waals surface area (Å²) in [5.74, 6) is 0.525. The lowest BCUT2D eigenvalue weighted by Crippen LogP contribution is -2.15. The highest BCUT2D eigenvalue weighted by Gasteiger charge is 2.18. The van der Waals surface area contributed by atoms with Gasteiger partial charge in [0.05, 0.1) is 17.3 Å². The molecule has 0 atom stereocenters. The van der Waals surface area contributed by atoms with Crippen molar-refractivity contribution in [2.75, 3.05) is 11.1 Å². The fourth-order valence-corrected chi connectivity index (χ4v) is 4.25. The van der Waals surface area contributed by atoms with E-state index in [1.54, 1.807) is 24.3 Å². The summed E-state index contributed by atoms with van der Waals surface area (Å²) in [5.41, 5.74) is 2.99. The third kappa shape index (κ3) is 5.69. The standard InChI is InChI=1S/C25H21ClN4O2S/c1-17(31)19-10-7-11-20(14-19)27-23(32)16-33-25-29-28-24(21-12-5-6-13-22(21)26)30(25)15-18-8-3-2-4-9-18/h2-14H,15-16H2,1H3,(H,27,32). The van der Waals surface area contributed by atoms with Crippen LogP contribution >= 0.6 is 23.4 Å². The van der Waals surface area contributed by atoms with Crippen molar-refractivity contribution in [3.8, 4) is 11.4 Å². The molecule has 0 aliphatic heterocycles. The number of Topliss-reactive ketones (excluding diaryl/α,β-unsaturated/α-hetero) is 1. The van der Waals surface area contributed by atoms with Crippen LogP contribution in [0.3, 0.4) is 0 Å². The third-order valence-electron chi connectivity index (χ3n) is 4.90. The molecule has 0 aliphatic carbocycles. The van der Waals surface area contributed by atoms with Gasteiger partial charge in [-0.25, -0.2) is 0 Å². The maximum Gasteiger partial charge on any atom is 0.234 e. The number of amides is 1. The van der Waals surface area contributed by atoms with Crippen molar-refractivity contribution in [2.45, 2.75) is 18.6 Å². The molecule has 4 aromatic rings. The minimum atomic E-state index is -0.200. The van der Waals surface area contributed by atoms with Crippen LogP contribution in [0.1, 0.15) is 22.8 Å².